The van der Waals surface area contributed by atoms with Crippen LogP contribution in [0.1, 0.15) is 28.6 Å². The van der Waals surface area contributed by atoms with Crippen LogP contribution in [0, 0.1) is 6.92 Å². The van der Waals surface area contributed by atoms with Crippen molar-refractivity contribution in [3.05, 3.63) is 98.8 Å². The van der Waals surface area contributed by atoms with Crippen molar-refractivity contribution in [2.45, 2.75) is 13.8 Å². The predicted molar refractivity (Wildman–Crippen MR) is 134 cm³/mol. The van der Waals surface area contributed by atoms with Gasteiger partial charge in [0.2, 0.25) is 0 Å². The number of benzene rings is 2. The van der Waals surface area contributed by atoms with Crippen molar-refractivity contribution in [2.75, 3.05) is 6.61 Å². The maximum atomic E-state index is 12.8. The standard InChI is InChI=1S/C26H20ClNO5S/c1-3-32-26(31)22-23(29)21(34-25(22)28-24(30)19-10-5-4-7-15(19)2)14-18-11-12-20(33-18)16-8-6-9-17(27)13-16/h4-14,29H,3H2,1-2H3/b21-14-,28-25?. The van der Waals surface area contributed by atoms with E-state index in [1.54, 1.807) is 62.4 Å². The first kappa shape index (κ1) is 23.6. The molecule has 0 fully saturated rings. The van der Waals surface area contributed by atoms with E-state index in [9.17, 15) is 14.7 Å². The second kappa shape index (κ2) is 10.2. The number of nitrogens with zero attached hydrogens (tertiary/aromatic N) is 1. The van der Waals surface area contributed by atoms with Crippen LogP contribution in [0.3, 0.4) is 0 Å². The molecular formula is C26H20ClNO5S. The maximum Gasteiger partial charge on any atom is 0.344 e. The van der Waals surface area contributed by atoms with Crippen molar-refractivity contribution >= 4 is 46.4 Å². The van der Waals surface area contributed by atoms with Gasteiger partial charge in [-0.25, -0.2) is 9.79 Å². The molecular weight excluding hydrogens is 474 g/mol. The Balaban J connectivity index is 1.69. The van der Waals surface area contributed by atoms with Gasteiger partial charge >= 0.3 is 5.97 Å². The number of aliphatic imine (C=N–C) groups is 1. The normalized spacial score (nSPS) is 15.9. The van der Waals surface area contributed by atoms with Gasteiger partial charge in [-0.1, -0.05) is 53.7 Å². The zero-order valence-corrected chi connectivity index (χ0v) is 19.9. The SMILES string of the molecule is CCOC(=O)C1=C(O)/C(=C/c2ccc(-c3cccc(Cl)c3)o2)SC1=NC(=O)c1ccccc1C. The third kappa shape index (κ3) is 5.00. The van der Waals surface area contributed by atoms with Crippen molar-refractivity contribution < 1.29 is 23.8 Å². The highest BCUT2D eigenvalue weighted by atomic mass is 35.5. The molecule has 1 amide bonds. The molecule has 1 aliphatic rings. The van der Waals surface area contributed by atoms with Crippen LogP contribution in [0.5, 0.6) is 0 Å². The monoisotopic (exact) mass is 493 g/mol. The lowest BCUT2D eigenvalue weighted by molar-refractivity contribution is -0.138. The smallest absolute Gasteiger partial charge is 0.344 e. The minimum Gasteiger partial charge on any atom is -0.506 e. The molecule has 4 rings (SSSR count). The number of amides is 1. The highest BCUT2D eigenvalue weighted by Crippen LogP contribution is 2.40. The molecule has 0 aliphatic carbocycles. The minimum atomic E-state index is -0.758. The quantitative estimate of drug-likeness (QED) is 0.402. The summed E-state index contributed by atoms with van der Waals surface area (Å²) in [7, 11) is 0. The van der Waals surface area contributed by atoms with Gasteiger partial charge in [-0.3, -0.25) is 4.79 Å². The maximum absolute atomic E-state index is 12.8. The van der Waals surface area contributed by atoms with Crippen LogP contribution in [0.2, 0.25) is 5.02 Å². The lowest BCUT2D eigenvalue weighted by atomic mass is 10.1. The molecule has 1 aromatic heterocycles. The van der Waals surface area contributed by atoms with Crippen LogP contribution in [0.4, 0.5) is 0 Å². The Labute approximate surface area is 205 Å². The van der Waals surface area contributed by atoms with E-state index in [1.807, 2.05) is 18.2 Å². The number of carbonyl (C=O) groups is 2. The van der Waals surface area contributed by atoms with Crippen molar-refractivity contribution in [3.8, 4) is 11.3 Å². The summed E-state index contributed by atoms with van der Waals surface area (Å²) in [4.78, 5) is 29.8. The number of carbonyl (C=O) groups excluding carboxylic acids is 2. The third-order valence-corrected chi connectivity index (χ3v) is 6.21. The lowest BCUT2D eigenvalue weighted by Gasteiger charge is -2.04. The van der Waals surface area contributed by atoms with E-state index in [1.165, 1.54) is 0 Å². The number of halogens is 1. The number of furan rings is 1. The zero-order chi connectivity index (χ0) is 24.2. The highest BCUT2D eigenvalue weighted by molar-refractivity contribution is 8.18. The highest BCUT2D eigenvalue weighted by Gasteiger charge is 2.34. The largest absolute Gasteiger partial charge is 0.506 e. The van der Waals surface area contributed by atoms with Gasteiger partial charge in [-0.2, -0.15) is 0 Å². The number of aryl methyl sites for hydroxylation is 1. The molecule has 0 bridgehead atoms. The molecule has 172 valence electrons. The first-order valence-corrected chi connectivity index (χ1v) is 11.6. The topological polar surface area (TPSA) is 89.1 Å². The zero-order valence-electron chi connectivity index (χ0n) is 18.4. The molecule has 34 heavy (non-hydrogen) atoms. The van der Waals surface area contributed by atoms with E-state index >= 15 is 0 Å². The number of thioether (sulfide) groups is 1. The number of hydrogen-bond donors (Lipinski definition) is 1. The van der Waals surface area contributed by atoms with Crippen LogP contribution in [-0.4, -0.2) is 28.6 Å². The van der Waals surface area contributed by atoms with Crippen molar-refractivity contribution in [1.29, 1.82) is 0 Å². The molecule has 2 aromatic carbocycles. The fourth-order valence-corrected chi connectivity index (χ4v) is 4.50. The summed E-state index contributed by atoms with van der Waals surface area (Å²) < 4.78 is 11.0. The Morgan fingerprint density at radius 3 is 2.68 bits per heavy atom. The molecule has 8 heteroatoms. The van der Waals surface area contributed by atoms with Gasteiger partial charge in [0.05, 0.1) is 11.5 Å². The first-order valence-electron chi connectivity index (χ1n) is 10.4. The number of rotatable bonds is 5. The summed E-state index contributed by atoms with van der Waals surface area (Å²) in [6.07, 6.45) is 1.58. The second-order valence-electron chi connectivity index (χ2n) is 7.30. The molecule has 0 radical (unpaired) electrons. The van der Waals surface area contributed by atoms with Crippen molar-refractivity contribution in [3.63, 3.8) is 0 Å². The second-order valence-corrected chi connectivity index (χ2v) is 8.77. The Kier molecular flexibility index (Phi) is 7.05. The van der Waals surface area contributed by atoms with Crippen LogP contribution in [0.15, 0.2) is 86.3 Å². The van der Waals surface area contributed by atoms with E-state index < -0.39 is 11.9 Å². The molecule has 1 aliphatic heterocycles. The van der Waals surface area contributed by atoms with Crippen molar-refractivity contribution in [2.24, 2.45) is 4.99 Å². The number of aliphatic hydroxyl groups is 1. The Morgan fingerprint density at radius 2 is 1.94 bits per heavy atom. The third-order valence-electron chi connectivity index (χ3n) is 4.96. The summed E-state index contributed by atoms with van der Waals surface area (Å²) in [5.74, 6) is -0.557. The first-order chi connectivity index (χ1) is 16.4. The molecule has 0 saturated heterocycles. The van der Waals surface area contributed by atoms with Crippen molar-refractivity contribution in [1.82, 2.24) is 0 Å². The lowest BCUT2D eigenvalue weighted by Crippen LogP contribution is -2.14. The molecule has 1 N–H and O–H groups in total. The molecule has 2 heterocycles. The van der Waals surface area contributed by atoms with Crippen LogP contribution < -0.4 is 0 Å². The summed E-state index contributed by atoms with van der Waals surface area (Å²) in [6, 6.07) is 17.8. The van der Waals surface area contributed by atoms with E-state index in [0.717, 1.165) is 22.9 Å². The van der Waals surface area contributed by atoms with Gasteiger partial charge in [0.1, 0.15) is 27.9 Å². The fraction of sp³-hybridized carbons (Fsp3) is 0.115. The molecule has 0 spiro atoms. The average molecular weight is 494 g/mol. The van der Waals surface area contributed by atoms with E-state index in [0.29, 0.717) is 27.0 Å². The number of ether oxygens (including phenoxy) is 1. The van der Waals surface area contributed by atoms with Crippen LogP contribution in [-0.2, 0) is 9.53 Å². The van der Waals surface area contributed by atoms with Crippen LogP contribution in [0.25, 0.3) is 17.4 Å². The van der Waals surface area contributed by atoms with E-state index in [2.05, 4.69) is 4.99 Å². The summed E-state index contributed by atoms with van der Waals surface area (Å²) >= 11 is 7.06. The van der Waals surface area contributed by atoms with Gasteiger partial charge in [0.15, 0.2) is 0 Å². The summed E-state index contributed by atoms with van der Waals surface area (Å²) in [5.41, 5.74) is 1.81. The Hall–Kier alpha value is -3.55. The van der Waals surface area contributed by atoms with Crippen LogP contribution >= 0.6 is 23.4 Å². The number of hydrogen-bond acceptors (Lipinski definition) is 6. The molecule has 3 aromatic rings. The molecule has 0 unspecified atom stereocenters. The molecule has 6 nitrogen and oxygen atoms in total. The minimum absolute atomic E-state index is 0.0667. The summed E-state index contributed by atoms with van der Waals surface area (Å²) in [5, 5.41) is 11.5. The fourth-order valence-electron chi connectivity index (χ4n) is 3.31. The van der Waals surface area contributed by atoms with E-state index in [4.69, 9.17) is 20.8 Å². The molecule has 0 atom stereocenters. The number of aliphatic hydroxyl groups excluding tert-OH is 1. The van der Waals surface area contributed by atoms with Gasteiger partial charge in [-0.15, -0.1) is 0 Å². The average Bonchev–Trinajstić information content (AvgIpc) is 3.39. The van der Waals surface area contributed by atoms with Gasteiger partial charge in [0.25, 0.3) is 5.91 Å². The van der Waals surface area contributed by atoms with E-state index in [-0.39, 0.29) is 23.0 Å². The molecule has 0 saturated carbocycles. The van der Waals surface area contributed by atoms with Gasteiger partial charge in [-0.05, 0) is 55.8 Å². The Morgan fingerprint density at radius 1 is 1.15 bits per heavy atom. The number of esters is 1. The van der Waals surface area contributed by atoms with Gasteiger partial charge < -0.3 is 14.3 Å². The Bertz CT molecular complexity index is 1370. The predicted octanol–water partition coefficient (Wildman–Crippen LogP) is 6.61. The van der Waals surface area contributed by atoms with Gasteiger partial charge in [0, 0.05) is 16.1 Å². The summed E-state index contributed by atoms with van der Waals surface area (Å²) in [6.45, 7) is 3.57.